The molecule has 4 N–H and O–H groups in total. The van der Waals surface area contributed by atoms with Gasteiger partial charge in [0.1, 0.15) is 5.54 Å². The van der Waals surface area contributed by atoms with Crippen molar-refractivity contribution in [3.8, 4) is 0 Å². The van der Waals surface area contributed by atoms with Gasteiger partial charge in [-0.3, -0.25) is 9.59 Å². The van der Waals surface area contributed by atoms with E-state index in [2.05, 4.69) is 12.2 Å². The van der Waals surface area contributed by atoms with Crippen LogP contribution in [0.5, 0.6) is 0 Å². The van der Waals surface area contributed by atoms with Crippen LogP contribution in [0, 0.1) is 11.3 Å². The van der Waals surface area contributed by atoms with Crippen LogP contribution in [0.3, 0.4) is 0 Å². The summed E-state index contributed by atoms with van der Waals surface area (Å²) in [6, 6.07) is 0. The molecule has 1 saturated heterocycles. The van der Waals surface area contributed by atoms with Crippen molar-refractivity contribution in [1.82, 2.24) is 5.32 Å². The Bertz CT molecular complexity index is 383. The molecule has 114 valence electrons. The lowest BCUT2D eigenvalue weighted by Gasteiger charge is -2.36. The highest BCUT2D eigenvalue weighted by molar-refractivity contribution is 5.87. The maximum absolute atomic E-state index is 12.1. The standard InChI is InChI=1S/C14H24N2O4/c1-10-2-4-13(5-3-10,12(18)19)8-16-11(17)14(15)6-7-20-9-14/h10H,2-9,15H2,1H3,(H,16,17)(H,18,19). The number of hydrogen-bond acceptors (Lipinski definition) is 4. The minimum absolute atomic E-state index is 0.160. The van der Waals surface area contributed by atoms with E-state index >= 15 is 0 Å². The van der Waals surface area contributed by atoms with Gasteiger partial charge in [-0.15, -0.1) is 0 Å². The largest absolute Gasteiger partial charge is 0.481 e. The molecule has 1 amide bonds. The molecule has 1 aliphatic heterocycles. The molecule has 0 aromatic heterocycles. The second-order valence-electron chi connectivity index (χ2n) is 6.41. The summed E-state index contributed by atoms with van der Waals surface area (Å²) in [5.41, 5.74) is 4.14. The van der Waals surface area contributed by atoms with E-state index in [1.807, 2.05) is 0 Å². The average Bonchev–Trinajstić information content (AvgIpc) is 2.86. The summed E-state index contributed by atoms with van der Waals surface area (Å²) in [4.78, 5) is 23.7. The zero-order valence-corrected chi connectivity index (χ0v) is 12.0. The Morgan fingerprint density at radius 1 is 1.35 bits per heavy atom. The molecule has 1 heterocycles. The summed E-state index contributed by atoms with van der Waals surface area (Å²) in [5.74, 6) is -0.560. The molecule has 2 fully saturated rings. The van der Waals surface area contributed by atoms with Crippen LogP contribution in [0.15, 0.2) is 0 Å². The van der Waals surface area contributed by atoms with Crippen LogP contribution < -0.4 is 11.1 Å². The highest BCUT2D eigenvalue weighted by Gasteiger charge is 2.44. The van der Waals surface area contributed by atoms with Crippen molar-refractivity contribution in [2.24, 2.45) is 17.1 Å². The third kappa shape index (κ3) is 2.96. The first-order chi connectivity index (χ1) is 9.38. The van der Waals surface area contributed by atoms with Gasteiger partial charge in [0, 0.05) is 13.2 Å². The van der Waals surface area contributed by atoms with E-state index in [0.29, 0.717) is 31.8 Å². The normalized spacial score (nSPS) is 37.6. The van der Waals surface area contributed by atoms with Gasteiger partial charge >= 0.3 is 5.97 Å². The maximum Gasteiger partial charge on any atom is 0.311 e. The number of carbonyl (C=O) groups excluding carboxylic acids is 1. The van der Waals surface area contributed by atoms with Crippen molar-refractivity contribution < 1.29 is 19.4 Å². The first-order valence-electron chi connectivity index (χ1n) is 7.26. The van der Waals surface area contributed by atoms with E-state index in [9.17, 15) is 14.7 Å². The fourth-order valence-corrected chi connectivity index (χ4v) is 2.97. The Morgan fingerprint density at radius 2 is 2.00 bits per heavy atom. The van der Waals surface area contributed by atoms with Crippen molar-refractivity contribution in [2.75, 3.05) is 19.8 Å². The van der Waals surface area contributed by atoms with Gasteiger partial charge in [-0.1, -0.05) is 6.92 Å². The molecule has 20 heavy (non-hydrogen) atoms. The number of ether oxygens (including phenoxy) is 1. The first kappa shape index (κ1) is 15.3. The molecule has 6 heteroatoms. The van der Waals surface area contributed by atoms with E-state index in [4.69, 9.17) is 10.5 Å². The Morgan fingerprint density at radius 3 is 2.50 bits per heavy atom. The quantitative estimate of drug-likeness (QED) is 0.698. The van der Waals surface area contributed by atoms with Gasteiger partial charge in [0.2, 0.25) is 5.91 Å². The third-order valence-electron chi connectivity index (χ3n) is 4.78. The molecular weight excluding hydrogens is 260 g/mol. The van der Waals surface area contributed by atoms with Crippen LogP contribution in [0.1, 0.15) is 39.0 Å². The molecule has 6 nitrogen and oxygen atoms in total. The van der Waals surface area contributed by atoms with Gasteiger partial charge < -0.3 is 20.9 Å². The Kier molecular flexibility index (Phi) is 4.34. The summed E-state index contributed by atoms with van der Waals surface area (Å²) in [6.45, 7) is 2.98. The van der Waals surface area contributed by atoms with Crippen molar-refractivity contribution in [1.29, 1.82) is 0 Å². The van der Waals surface area contributed by atoms with Crippen LogP contribution >= 0.6 is 0 Å². The topological polar surface area (TPSA) is 102 Å². The van der Waals surface area contributed by atoms with Crippen molar-refractivity contribution in [3.63, 3.8) is 0 Å². The Hall–Kier alpha value is -1.14. The molecule has 2 aliphatic rings. The number of nitrogens with two attached hydrogens (primary N) is 1. The van der Waals surface area contributed by atoms with Crippen LogP contribution in [-0.4, -0.2) is 42.3 Å². The maximum atomic E-state index is 12.1. The highest BCUT2D eigenvalue weighted by atomic mass is 16.5. The monoisotopic (exact) mass is 284 g/mol. The molecule has 0 bridgehead atoms. The summed E-state index contributed by atoms with van der Waals surface area (Å²) in [7, 11) is 0. The summed E-state index contributed by atoms with van der Waals surface area (Å²) in [5, 5.41) is 12.3. The third-order valence-corrected chi connectivity index (χ3v) is 4.78. The number of carboxylic acid groups (broad SMARTS) is 1. The number of carbonyl (C=O) groups is 2. The summed E-state index contributed by atoms with van der Waals surface area (Å²) < 4.78 is 5.16. The molecule has 0 radical (unpaired) electrons. The van der Waals surface area contributed by atoms with Crippen LogP contribution in [0.2, 0.25) is 0 Å². The minimum atomic E-state index is -0.998. The lowest BCUT2D eigenvalue weighted by Crippen LogP contribution is -2.57. The summed E-state index contributed by atoms with van der Waals surface area (Å²) >= 11 is 0. The average molecular weight is 284 g/mol. The summed E-state index contributed by atoms with van der Waals surface area (Å²) in [6.07, 6.45) is 3.48. The van der Waals surface area contributed by atoms with Crippen LogP contribution in [0.25, 0.3) is 0 Å². The Labute approximate surface area is 119 Å². The number of aliphatic carboxylic acids is 1. The van der Waals surface area contributed by atoms with Gasteiger partial charge in [-0.05, 0) is 38.0 Å². The van der Waals surface area contributed by atoms with Crippen molar-refractivity contribution in [3.05, 3.63) is 0 Å². The number of nitrogens with one attached hydrogen (secondary N) is 1. The number of carboxylic acids is 1. The van der Waals surface area contributed by atoms with Gasteiger partial charge in [-0.25, -0.2) is 0 Å². The molecular formula is C14H24N2O4. The van der Waals surface area contributed by atoms with Gasteiger partial charge in [0.05, 0.1) is 12.0 Å². The fraction of sp³-hybridized carbons (Fsp3) is 0.857. The zero-order valence-electron chi connectivity index (χ0n) is 12.0. The second-order valence-corrected chi connectivity index (χ2v) is 6.41. The first-order valence-corrected chi connectivity index (χ1v) is 7.26. The second kappa shape index (κ2) is 5.69. The Balaban J connectivity index is 1.96. The lowest BCUT2D eigenvalue weighted by atomic mass is 9.70. The molecule has 1 saturated carbocycles. The van der Waals surface area contributed by atoms with Crippen LogP contribution in [-0.2, 0) is 14.3 Å². The molecule has 0 aromatic carbocycles. The van der Waals surface area contributed by atoms with E-state index in [1.165, 1.54) is 0 Å². The zero-order chi connectivity index (χ0) is 14.8. The number of hydrogen-bond donors (Lipinski definition) is 3. The van der Waals surface area contributed by atoms with E-state index < -0.39 is 16.9 Å². The fourth-order valence-electron chi connectivity index (χ4n) is 2.97. The predicted octanol–water partition coefficient (Wildman–Crippen LogP) is 0.502. The van der Waals surface area contributed by atoms with Gasteiger partial charge in [-0.2, -0.15) is 0 Å². The minimum Gasteiger partial charge on any atom is -0.481 e. The lowest BCUT2D eigenvalue weighted by molar-refractivity contribution is -0.151. The van der Waals surface area contributed by atoms with Crippen molar-refractivity contribution >= 4 is 11.9 Å². The molecule has 0 spiro atoms. The van der Waals surface area contributed by atoms with Gasteiger partial charge in [0.15, 0.2) is 0 Å². The van der Waals surface area contributed by atoms with Gasteiger partial charge in [0.25, 0.3) is 0 Å². The predicted molar refractivity (Wildman–Crippen MR) is 73.1 cm³/mol. The molecule has 0 aromatic rings. The van der Waals surface area contributed by atoms with E-state index in [1.54, 1.807) is 0 Å². The molecule has 2 rings (SSSR count). The smallest absolute Gasteiger partial charge is 0.311 e. The molecule has 1 atom stereocenters. The molecule has 1 aliphatic carbocycles. The van der Waals surface area contributed by atoms with E-state index in [0.717, 1.165) is 12.8 Å². The molecule has 1 unspecified atom stereocenters. The highest BCUT2D eigenvalue weighted by Crippen LogP contribution is 2.38. The van der Waals surface area contributed by atoms with Crippen LogP contribution in [0.4, 0.5) is 0 Å². The van der Waals surface area contributed by atoms with E-state index in [-0.39, 0.29) is 19.1 Å². The number of rotatable bonds is 4. The number of amides is 1. The van der Waals surface area contributed by atoms with Crippen molar-refractivity contribution in [2.45, 2.75) is 44.6 Å². The SMILES string of the molecule is CC1CCC(CNC(=O)C2(N)CCOC2)(C(=O)O)CC1.